The van der Waals surface area contributed by atoms with E-state index in [4.69, 9.17) is 0 Å². The Hall–Kier alpha value is -3.28. The predicted molar refractivity (Wildman–Crippen MR) is 119 cm³/mol. The van der Waals surface area contributed by atoms with Gasteiger partial charge in [-0.3, -0.25) is 0 Å². The van der Waals surface area contributed by atoms with Crippen molar-refractivity contribution in [2.24, 2.45) is 5.18 Å². The normalized spacial score (nSPS) is 15.6. The molecule has 1 heterocycles. The zero-order valence-electron chi connectivity index (χ0n) is 17.1. The first-order valence-corrected chi connectivity index (χ1v) is 9.74. The highest BCUT2D eigenvalue weighted by molar-refractivity contribution is 5.68. The van der Waals surface area contributed by atoms with Gasteiger partial charge in [-0.05, 0) is 50.2 Å². The summed E-state index contributed by atoms with van der Waals surface area (Å²) in [5.74, 6) is 0.160. The summed E-state index contributed by atoms with van der Waals surface area (Å²) in [6.45, 7) is 9.04. The molecule has 152 valence electrons. The van der Waals surface area contributed by atoms with Crippen LogP contribution >= 0.6 is 0 Å². The van der Waals surface area contributed by atoms with Crippen molar-refractivity contribution in [3.05, 3.63) is 57.3 Å². The van der Waals surface area contributed by atoms with E-state index in [0.717, 1.165) is 48.3 Å². The summed E-state index contributed by atoms with van der Waals surface area (Å²) in [7, 11) is 0. The molecular formula is C23H27N3O3. The maximum Gasteiger partial charge on any atom is 0.157 e. The van der Waals surface area contributed by atoms with Gasteiger partial charge < -0.3 is 20.0 Å². The fourth-order valence-corrected chi connectivity index (χ4v) is 3.62. The van der Waals surface area contributed by atoms with E-state index in [9.17, 15) is 15.1 Å². The number of phenols is 2. The van der Waals surface area contributed by atoms with Crippen molar-refractivity contribution >= 4 is 29.2 Å². The van der Waals surface area contributed by atoms with E-state index in [1.54, 1.807) is 18.2 Å². The number of aromatic hydroxyl groups is 2. The molecule has 0 radical (unpaired) electrons. The minimum absolute atomic E-state index is 0.0763. The summed E-state index contributed by atoms with van der Waals surface area (Å²) in [4.78, 5) is 15.8. The fourth-order valence-electron chi connectivity index (χ4n) is 3.62. The van der Waals surface area contributed by atoms with Crippen LogP contribution in [0.5, 0.6) is 11.5 Å². The number of anilines is 2. The van der Waals surface area contributed by atoms with Gasteiger partial charge in [0, 0.05) is 54.1 Å². The van der Waals surface area contributed by atoms with Crippen LogP contribution in [-0.2, 0) is 0 Å². The van der Waals surface area contributed by atoms with E-state index in [1.807, 2.05) is 51.1 Å². The highest BCUT2D eigenvalue weighted by Crippen LogP contribution is 2.26. The molecule has 0 atom stereocenters. The lowest BCUT2D eigenvalue weighted by Crippen LogP contribution is -2.49. The summed E-state index contributed by atoms with van der Waals surface area (Å²) in [6, 6.07) is 8.87. The smallest absolute Gasteiger partial charge is 0.157 e. The van der Waals surface area contributed by atoms with Gasteiger partial charge in [0.15, 0.2) is 5.69 Å². The van der Waals surface area contributed by atoms with Crippen molar-refractivity contribution in [1.82, 2.24) is 0 Å². The number of hydrogen-bond donors (Lipinski definition) is 2. The number of nitroso groups, excluding NO2 is 1. The molecule has 2 N–H and O–H groups in total. The van der Waals surface area contributed by atoms with Crippen LogP contribution in [0.1, 0.15) is 20.8 Å². The monoisotopic (exact) mass is 393 g/mol. The van der Waals surface area contributed by atoms with Crippen LogP contribution in [0.3, 0.4) is 0 Å². The molecule has 0 amide bonds. The number of phenolic OH excluding ortho intramolecular Hbond substituents is 2. The summed E-state index contributed by atoms with van der Waals surface area (Å²) in [5.41, 5.74) is 3.19. The molecule has 29 heavy (non-hydrogen) atoms. The van der Waals surface area contributed by atoms with E-state index in [-0.39, 0.29) is 17.2 Å². The first-order chi connectivity index (χ1) is 13.9. The van der Waals surface area contributed by atoms with E-state index in [1.165, 1.54) is 0 Å². The molecule has 0 aromatic heterocycles. The quantitative estimate of drug-likeness (QED) is 0.779. The SMILES string of the molecule is C/C=c1/c(N=O)c(O)cc(N2CCN(c3ccc(O)cc3)CC2)/c1=C/C=C(C)C. The highest BCUT2D eigenvalue weighted by atomic mass is 16.3. The highest BCUT2D eigenvalue weighted by Gasteiger charge is 2.20. The molecule has 1 saturated heterocycles. The maximum absolute atomic E-state index is 11.3. The van der Waals surface area contributed by atoms with Gasteiger partial charge in [-0.15, -0.1) is 4.91 Å². The first-order valence-electron chi connectivity index (χ1n) is 9.74. The Labute approximate surface area is 170 Å². The van der Waals surface area contributed by atoms with E-state index in [2.05, 4.69) is 15.0 Å². The van der Waals surface area contributed by atoms with Crippen molar-refractivity contribution < 1.29 is 10.2 Å². The lowest BCUT2D eigenvalue weighted by molar-refractivity contribution is 0.475. The summed E-state index contributed by atoms with van der Waals surface area (Å²) in [6.07, 6.45) is 5.81. The third kappa shape index (κ3) is 4.42. The molecule has 0 saturated carbocycles. The lowest BCUT2D eigenvalue weighted by Gasteiger charge is -2.37. The average molecular weight is 393 g/mol. The Bertz CT molecular complexity index is 1030. The summed E-state index contributed by atoms with van der Waals surface area (Å²) < 4.78 is 0. The van der Waals surface area contributed by atoms with Gasteiger partial charge in [0.2, 0.25) is 0 Å². The van der Waals surface area contributed by atoms with Gasteiger partial charge in [-0.1, -0.05) is 23.8 Å². The molecular weight excluding hydrogens is 366 g/mol. The molecule has 2 aromatic rings. The van der Waals surface area contributed by atoms with Crippen LogP contribution in [0.15, 0.2) is 47.2 Å². The van der Waals surface area contributed by atoms with Gasteiger partial charge in [0.25, 0.3) is 0 Å². The number of hydrogen-bond acceptors (Lipinski definition) is 6. The third-order valence-electron chi connectivity index (χ3n) is 5.14. The number of allylic oxidation sites excluding steroid dienone is 2. The van der Waals surface area contributed by atoms with Gasteiger partial charge in [0.05, 0.1) is 0 Å². The molecule has 1 aliphatic rings. The molecule has 0 unspecified atom stereocenters. The van der Waals surface area contributed by atoms with Gasteiger partial charge in [-0.25, -0.2) is 0 Å². The Kier molecular flexibility index (Phi) is 6.22. The van der Waals surface area contributed by atoms with Gasteiger partial charge in [0.1, 0.15) is 11.5 Å². The maximum atomic E-state index is 11.3. The van der Waals surface area contributed by atoms with Crippen LogP contribution in [0.25, 0.3) is 12.2 Å². The second-order valence-electron chi connectivity index (χ2n) is 7.37. The topological polar surface area (TPSA) is 76.4 Å². The second-order valence-corrected chi connectivity index (χ2v) is 7.37. The van der Waals surface area contributed by atoms with Gasteiger partial charge in [-0.2, -0.15) is 0 Å². The predicted octanol–water partition coefficient (Wildman–Crippen LogP) is 3.37. The summed E-state index contributed by atoms with van der Waals surface area (Å²) >= 11 is 0. The molecule has 6 nitrogen and oxygen atoms in total. The standard InChI is InChI=1S/C23H27N3O3/c1-4-19-20(10-5-16(2)3)21(15-22(28)23(19)24-29)26-13-11-25(12-14-26)17-6-8-18(27)9-7-17/h4-10,15,27-28H,11-14H2,1-3H3/b19-4+,20-10+. The van der Waals surface area contributed by atoms with Crippen molar-refractivity contribution in [2.45, 2.75) is 20.8 Å². The molecule has 0 aliphatic carbocycles. The molecule has 6 heteroatoms. The second kappa shape index (κ2) is 8.82. The Morgan fingerprint density at radius 2 is 1.62 bits per heavy atom. The molecule has 0 bridgehead atoms. The number of nitrogens with zero attached hydrogens (tertiary/aromatic N) is 3. The van der Waals surface area contributed by atoms with E-state index in [0.29, 0.717) is 5.22 Å². The lowest BCUT2D eigenvalue weighted by atomic mass is 10.1. The summed E-state index contributed by atoms with van der Waals surface area (Å²) in [5, 5.41) is 24.5. The Balaban J connectivity index is 1.98. The van der Waals surface area contributed by atoms with Crippen LogP contribution in [-0.4, -0.2) is 36.4 Å². The van der Waals surface area contributed by atoms with Crippen molar-refractivity contribution in [1.29, 1.82) is 0 Å². The van der Waals surface area contributed by atoms with E-state index < -0.39 is 0 Å². The Morgan fingerprint density at radius 3 is 2.17 bits per heavy atom. The number of rotatable bonds is 4. The minimum atomic E-state index is -0.0987. The average Bonchev–Trinajstić information content (AvgIpc) is 2.72. The van der Waals surface area contributed by atoms with Crippen LogP contribution < -0.4 is 20.2 Å². The molecule has 2 aromatic carbocycles. The minimum Gasteiger partial charge on any atom is -0.508 e. The third-order valence-corrected chi connectivity index (χ3v) is 5.14. The number of benzene rings is 2. The molecule has 1 aliphatic heterocycles. The molecule has 1 fully saturated rings. The molecule has 3 rings (SSSR count). The fraction of sp³-hybridized carbons (Fsp3) is 0.304. The van der Waals surface area contributed by atoms with Gasteiger partial charge >= 0.3 is 0 Å². The first kappa shape index (κ1) is 20.5. The van der Waals surface area contributed by atoms with Crippen molar-refractivity contribution in [2.75, 3.05) is 36.0 Å². The van der Waals surface area contributed by atoms with Crippen LogP contribution in [0.2, 0.25) is 0 Å². The zero-order valence-corrected chi connectivity index (χ0v) is 17.1. The van der Waals surface area contributed by atoms with Crippen LogP contribution in [0.4, 0.5) is 17.1 Å². The largest absolute Gasteiger partial charge is 0.508 e. The van der Waals surface area contributed by atoms with Crippen molar-refractivity contribution in [3.63, 3.8) is 0 Å². The Morgan fingerprint density at radius 1 is 1.00 bits per heavy atom. The van der Waals surface area contributed by atoms with Crippen molar-refractivity contribution in [3.8, 4) is 11.5 Å². The zero-order chi connectivity index (χ0) is 21.0. The van der Waals surface area contributed by atoms with E-state index >= 15 is 0 Å². The van der Waals surface area contributed by atoms with Crippen LogP contribution in [0, 0.1) is 4.91 Å². The molecule has 0 spiro atoms. The number of piperazine rings is 1.